The van der Waals surface area contributed by atoms with Crippen LogP contribution in [-0.2, 0) is 11.3 Å². The van der Waals surface area contributed by atoms with Crippen molar-refractivity contribution >= 4 is 22.9 Å². The summed E-state index contributed by atoms with van der Waals surface area (Å²) in [5.41, 5.74) is 2.75. The molecule has 1 amide bonds. The number of piperidine rings is 1. The van der Waals surface area contributed by atoms with Crippen LogP contribution in [0.25, 0.3) is 5.69 Å². The van der Waals surface area contributed by atoms with E-state index in [-0.39, 0.29) is 11.9 Å². The van der Waals surface area contributed by atoms with Crippen molar-refractivity contribution in [3.05, 3.63) is 46.7 Å². The summed E-state index contributed by atoms with van der Waals surface area (Å²) in [6.45, 7) is 5.96. The zero-order chi connectivity index (χ0) is 20.2. The Labute approximate surface area is 174 Å². The number of amides is 1. The lowest BCUT2D eigenvalue weighted by Gasteiger charge is -2.34. The average molecular weight is 412 g/mol. The molecule has 8 nitrogen and oxygen atoms in total. The molecule has 1 saturated heterocycles. The standard InChI is InChI=1S/C20H25N7OS/c1-14(2)17-12-29-19(23-17)11-26-10-4-3-5-18(26)20(28)22-15-6-8-16(9-7-15)27-13-21-24-25-27/h6-9,12-14,18H,3-5,10-11H2,1-2H3,(H,22,28). The van der Waals surface area contributed by atoms with Gasteiger partial charge in [0.25, 0.3) is 0 Å². The van der Waals surface area contributed by atoms with Crippen molar-refractivity contribution in [2.24, 2.45) is 0 Å². The maximum absolute atomic E-state index is 13.0. The van der Waals surface area contributed by atoms with E-state index >= 15 is 0 Å². The number of hydrogen-bond donors (Lipinski definition) is 1. The zero-order valence-electron chi connectivity index (χ0n) is 16.7. The van der Waals surface area contributed by atoms with E-state index in [1.165, 1.54) is 6.33 Å². The summed E-state index contributed by atoms with van der Waals surface area (Å²) >= 11 is 1.69. The summed E-state index contributed by atoms with van der Waals surface area (Å²) in [6, 6.07) is 7.38. The first kappa shape index (κ1) is 19.7. The molecule has 3 heterocycles. The number of thiazole rings is 1. The highest BCUT2D eigenvalue weighted by Crippen LogP contribution is 2.24. The van der Waals surface area contributed by atoms with Crippen LogP contribution >= 0.6 is 11.3 Å². The van der Waals surface area contributed by atoms with E-state index in [1.807, 2.05) is 24.3 Å². The molecule has 1 unspecified atom stereocenters. The number of nitrogens with zero attached hydrogens (tertiary/aromatic N) is 6. The number of likely N-dealkylation sites (tertiary alicyclic amines) is 1. The molecule has 3 aromatic rings. The Morgan fingerprint density at radius 1 is 1.28 bits per heavy atom. The molecule has 1 N–H and O–H groups in total. The summed E-state index contributed by atoms with van der Waals surface area (Å²) in [5, 5.41) is 17.4. The number of carbonyl (C=O) groups is 1. The van der Waals surface area contributed by atoms with E-state index < -0.39 is 0 Å². The van der Waals surface area contributed by atoms with Crippen molar-refractivity contribution in [1.29, 1.82) is 0 Å². The molecule has 4 rings (SSSR count). The van der Waals surface area contributed by atoms with Crippen LogP contribution in [0.15, 0.2) is 36.0 Å². The first-order valence-corrected chi connectivity index (χ1v) is 10.8. The summed E-state index contributed by atoms with van der Waals surface area (Å²) in [7, 11) is 0. The molecule has 1 atom stereocenters. The molecule has 1 aliphatic rings. The van der Waals surface area contributed by atoms with Gasteiger partial charge in [0, 0.05) is 11.1 Å². The molecule has 152 valence electrons. The maximum Gasteiger partial charge on any atom is 0.241 e. The van der Waals surface area contributed by atoms with Gasteiger partial charge in [0.05, 0.1) is 24.0 Å². The molecular formula is C20H25N7OS. The van der Waals surface area contributed by atoms with Gasteiger partial charge >= 0.3 is 0 Å². The van der Waals surface area contributed by atoms with Gasteiger partial charge in [-0.25, -0.2) is 9.67 Å². The van der Waals surface area contributed by atoms with E-state index in [2.05, 4.69) is 45.0 Å². The summed E-state index contributed by atoms with van der Waals surface area (Å²) in [4.78, 5) is 20.0. The minimum atomic E-state index is -0.130. The summed E-state index contributed by atoms with van der Waals surface area (Å²) < 4.78 is 1.58. The quantitative estimate of drug-likeness (QED) is 0.670. The molecule has 0 spiro atoms. The Kier molecular flexibility index (Phi) is 5.96. The van der Waals surface area contributed by atoms with E-state index in [4.69, 9.17) is 4.98 Å². The number of aromatic nitrogens is 5. The number of carbonyl (C=O) groups excluding carboxylic acids is 1. The first-order valence-electron chi connectivity index (χ1n) is 9.93. The van der Waals surface area contributed by atoms with Gasteiger partial charge in [0.2, 0.25) is 5.91 Å². The van der Waals surface area contributed by atoms with Crippen LogP contribution in [0.3, 0.4) is 0 Å². The fraction of sp³-hybridized carbons (Fsp3) is 0.450. The van der Waals surface area contributed by atoms with Crippen molar-refractivity contribution in [3.63, 3.8) is 0 Å². The SMILES string of the molecule is CC(C)c1csc(CN2CCCCC2C(=O)Nc2ccc(-n3cnnn3)cc2)n1. The van der Waals surface area contributed by atoms with Crippen LogP contribution in [0.4, 0.5) is 5.69 Å². The van der Waals surface area contributed by atoms with E-state index in [0.29, 0.717) is 5.92 Å². The van der Waals surface area contributed by atoms with Crippen molar-refractivity contribution < 1.29 is 4.79 Å². The van der Waals surface area contributed by atoms with Gasteiger partial charge in [-0.2, -0.15) is 0 Å². The normalized spacial score (nSPS) is 17.6. The van der Waals surface area contributed by atoms with Gasteiger partial charge < -0.3 is 5.32 Å². The van der Waals surface area contributed by atoms with Crippen molar-refractivity contribution in [2.45, 2.75) is 51.6 Å². The third-order valence-electron chi connectivity index (χ3n) is 5.16. The van der Waals surface area contributed by atoms with Crippen molar-refractivity contribution in [3.8, 4) is 5.69 Å². The van der Waals surface area contributed by atoms with Crippen LogP contribution in [0, 0.1) is 0 Å². The summed E-state index contributed by atoms with van der Waals surface area (Å²) in [5.74, 6) is 0.470. The van der Waals surface area contributed by atoms with Crippen LogP contribution in [0.2, 0.25) is 0 Å². The highest BCUT2D eigenvalue weighted by atomic mass is 32.1. The highest BCUT2D eigenvalue weighted by molar-refractivity contribution is 7.09. The third kappa shape index (κ3) is 4.68. The second kappa shape index (κ2) is 8.79. The molecule has 1 aromatic carbocycles. The molecule has 0 saturated carbocycles. The predicted octanol–water partition coefficient (Wildman–Crippen LogP) is 3.24. The Morgan fingerprint density at radius 2 is 2.10 bits per heavy atom. The number of benzene rings is 1. The fourth-order valence-electron chi connectivity index (χ4n) is 3.52. The van der Waals surface area contributed by atoms with Gasteiger partial charge in [0.15, 0.2) is 0 Å². The van der Waals surface area contributed by atoms with Gasteiger partial charge in [0.1, 0.15) is 11.3 Å². The van der Waals surface area contributed by atoms with Crippen LogP contribution < -0.4 is 5.32 Å². The van der Waals surface area contributed by atoms with Crippen molar-refractivity contribution in [2.75, 3.05) is 11.9 Å². The van der Waals surface area contributed by atoms with Crippen LogP contribution in [-0.4, -0.2) is 48.6 Å². The number of tetrazole rings is 1. The minimum absolute atomic E-state index is 0.0421. The van der Waals surface area contributed by atoms with Gasteiger partial charge in [-0.15, -0.1) is 16.4 Å². The monoisotopic (exact) mass is 411 g/mol. The Bertz CT molecular complexity index is 936. The fourth-order valence-corrected chi connectivity index (χ4v) is 4.50. The molecule has 9 heteroatoms. The van der Waals surface area contributed by atoms with Gasteiger partial charge in [-0.1, -0.05) is 20.3 Å². The van der Waals surface area contributed by atoms with E-state index in [1.54, 1.807) is 16.0 Å². The maximum atomic E-state index is 13.0. The minimum Gasteiger partial charge on any atom is -0.325 e. The second-order valence-electron chi connectivity index (χ2n) is 7.59. The number of rotatable bonds is 6. The molecule has 2 aromatic heterocycles. The van der Waals surface area contributed by atoms with Gasteiger partial charge in [-0.05, 0) is 60.0 Å². The first-order chi connectivity index (χ1) is 14.1. The Balaban J connectivity index is 1.41. The Morgan fingerprint density at radius 3 is 2.79 bits per heavy atom. The predicted molar refractivity (Wildman–Crippen MR) is 112 cm³/mol. The number of anilines is 1. The molecule has 0 radical (unpaired) electrons. The average Bonchev–Trinajstić information content (AvgIpc) is 3.41. The molecule has 0 aliphatic carbocycles. The van der Waals surface area contributed by atoms with Crippen LogP contribution in [0.1, 0.15) is 49.7 Å². The zero-order valence-corrected chi connectivity index (χ0v) is 17.5. The molecular weight excluding hydrogens is 386 g/mol. The topological polar surface area (TPSA) is 88.8 Å². The number of nitrogens with one attached hydrogen (secondary N) is 1. The molecule has 1 fully saturated rings. The van der Waals surface area contributed by atoms with E-state index in [9.17, 15) is 4.79 Å². The lowest BCUT2D eigenvalue weighted by molar-refractivity contribution is -0.122. The molecule has 0 bridgehead atoms. The van der Waals surface area contributed by atoms with Crippen LogP contribution in [0.5, 0.6) is 0 Å². The third-order valence-corrected chi connectivity index (χ3v) is 6.02. The smallest absolute Gasteiger partial charge is 0.241 e. The summed E-state index contributed by atoms with van der Waals surface area (Å²) in [6.07, 6.45) is 4.60. The second-order valence-corrected chi connectivity index (χ2v) is 8.54. The highest BCUT2D eigenvalue weighted by Gasteiger charge is 2.29. The largest absolute Gasteiger partial charge is 0.325 e. The Hall–Kier alpha value is -2.65. The van der Waals surface area contributed by atoms with Gasteiger partial charge in [-0.3, -0.25) is 9.69 Å². The van der Waals surface area contributed by atoms with Crippen molar-refractivity contribution in [1.82, 2.24) is 30.1 Å². The lowest BCUT2D eigenvalue weighted by Crippen LogP contribution is -2.46. The molecule has 29 heavy (non-hydrogen) atoms. The lowest BCUT2D eigenvalue weighted by atomic mass is 10.0. The number of hydrogen-bond acceptors (Lipinski definition) is 7. The van der Waals surface area contributed by atoms with E-state index in [0.717, 1.165) is 54.4 Å². The molecule has 1 aliphatic heterocycles.